The molecule has 0 atom stereocenters. The minimum Gasteiger partial charge on any atom is -0.277 e. The number of para-hydroxylation sites is 1. The fraction of sp³-hybridized carbons (Fsp3) is 0.0625. The second kappa shape index (κ2) is 11.7. The van der Waals surface area contributed by atoms with Crippen molar-refractivity contribution in [3.63, 3.8) is 0 Å². The second-order valence-electron chi connectivity index (χ2n) is 14.1. The minimum absolute atomic E-state index is 0.145. The second-order valence-corrected chi connectivity index (χ2v) is 14.1. The van der Waals surface area contributed by atoms with Crippen LogP contribution in [0.15, 0.2) is 170 Å². The van der Waals surface area contributed by atoms with Crippen molar-refractivity contribution in [2.75, 3.05) is 0 Å². The summed E-state index contributed by atoms with van der Waals surface area (Å²) in [6, 6.07) is 60.1. The summed E-state index contributed by atoms with van der Waals surface area (Å²) in [5.74, 6) is 1.88. The van der Waals surface area contributed by atoms with Crippen LogP contribution < -0.4 is 0 Å². The molecule has 0 radical (unpaired) electrons. The van der Waals surface area contributed by atoms with Gasteiger partial charge in [-0.2, -0.15) is 9.97 Å². The Kier molecular flexibility index (Phi) is 6.80. The van der Waals surface area contributed by atoms with Gasteiger partial charge in [0.1, 0.15) is 0 Å². The zero-order valence-electron chi connectivity index (χ0n) is 29.0. The van der Waals surface area contributed by atoms with Crippen LogP contribution in [-0.4, -0.2) is 19.5 Å². The molecule has 0 amide bonds. The number of nitrogens with zero attached hydrogens (tertiary/aromatic N) is 4. The Balaban J connectivity index is 1.31. The van der Waals surface area contributed by atoms with E-state index in [0.29, 0.717) is 17.6 Å². The van der Waals surface area contributed by atoms with Crippen LogP contribution in [0.25, 0.3) is 83.9 Å². The highest BCUT2D eigenvalue weighted by Gasteiger charge is 2.37. The predicted octanol–water partition coefficient (Wildman–Crippen LogP) is 11.9. The summed E-state index contributed by atoms with van der Waals surface area (Å²) in [6.07, 6.45) is 0. The van der Waals surface area contributed by atoms with Gasteiger partial charge in [0.05, 0.1) is 11.0 Å². The highest BCUT2D eigenvalue weighted by Crippen LogP contribution is 2.51. The third-order valence-electron chi connectivity index (χ3n) is 10.7. The molecule has 7 aromatic carbocycles. The maximum Gasteiger partial charge on any atom is 0.238 e. The standard InChI is InChI=1S/C48H34N4/c1-48(2)40-26-14-12-24-36(40)43-37(25-16-27-41(43)48)46-49-45(33-21-10-5-11-22-33)50-47(51-46)52-42-28-15-13-23-35(42)39-30-34(31-17-6-3-7-18-31)29-38(44(39)52)32-19-8-4-9-20-32/h3-30H,1-2H3. The van der Waals surface area contributed by atoms with Crippen molar-refractivity contribution in [1.82, 2.24) is 19.5 Å². The van der Waals surface area contributed by atoms with Gasteiger partial charge >= 0.3 is 0 Å². The Labute approximate surface area is 302 Å². The molecule has 0 spiro atoms. The Hall–Kier alpha value is -6.65. The van der Waals surface area contributed by atoms with E-state index in [1.807, 2.05) is 18.2 Å². The van der Waals surface area contributed by atoms with Gasteiger partial charge < -0.3 is 0 Å². The zero-order chi connectivity index (χ0) is 34.8. The quantitative estimate of drug-likeness (QED) is 0.184. The van der Waals surface area contributed by atoms with Gasteiger partial charge in [-0.3, -0.25) is 4.57 Å². The first-order chi connectivity index (χ1) is 25.6. The normalized spacial score (nSPS) is 13.0. The lowest BCUT2D eigenvalue weighted by Crippen LogP contribution is -2.14. The van der Waals surface area contributed by atoms with Crippen molar-refractivity contribution in [3.05, 3.63) is 181 Å². The lowest BCUT2D eigenvalue weighted by Gasteiger charge is -2.21. The zero-order valence-corrected chi connectivity index (χ0v) is 29.0. The molecule has 1 aliphatic rings. The van der Waals surface area contributed by atoms with Crippen molar-refractivity contribution in [3.8, 4) is 62.1 Å². The van der Waals surface area contributed by atoms with Crippen LogP contribution in [0.3, 0.4) is 0 Å². The summed E-state index contributed by atoms with van der Waals surface area (Å²) < 4.78 is 2.25. The molecule has 4 nitrogen and oxygen atoms in total. The summed E-state index contributed by atoms with van der Waals surface area (Å²) in [7, 11) is 0. The molecule has 4 heteroatoms. The Morgan fingerprint density at radius 1 is 0.423 bits per heavy atom. The third-order valence-corrected chi connectivity index (χ3v) is 10.7. The summed E-state index contributed by atoms with van der Waals surface area (Å²) in [5, 5.41) is 2.29. The minimum atomic E-state index is -0.145. The van der Waals surface area contributed by atoms with E-state index in [-0.39, 0.29) is 5.41 Å². The SMILES string of the molecule is CC1(C)c2ccccc2-c2c(-c3nc(-c4ccccc4)nc(-n4c5ccccc5c5cc(-c6ccccc6)cc(-c6ccccc6)c54)n3)cccc21. The molecule has 2 heterocycles. The van der Waals surface area contributed by atoms with E-state index in [2.05, 4.69) is 170 Å². The molecular weight excluding hydrogens is 633 g/mol. The lowest BCUT2D eigenvalue weighted by atomic mass is 9.82. The fourth-order valence-corrected chi connectivity index (χ4v) is 8.18. The van der Waals surface area contributed by atoms with Gasteiger partial charge in [0.15, 0.2) is 11.6 Å². The van der Waals surface area contributed by atoms with Crippen molar-refractivity contribution in [2.24, 2.45) is 0 Å². The van der Waals surface area contributed by atoms with E-state index in [0.717, 1.165) is 49.6 Å². The Bertz CT molecular complexity index is 2800. The smallest absolute Gasteiger partial charge is 0.238 e. The first-order valence-corrected chi connectivity index (χ1v) is 17.8. The van der Waals surface area contributed by atoms with Crippen LogP contribution in [0, 0.1) is 0 Å². The molecule has 10 rings (SSSR count). The number of fused-ring (bicyclic) bond motifs is 6. The number of hydrogen-bond acceptors (Lipinski definition) is 3. The molecule has 0 bridgehead atoms. The summed E-state index contributed by atoms with van der Waals surface area (Å²) in [6.45, 7) is 4.62. The Morgan fingerprint density at radius 3 is 1.79 bits per heavy atom. The Morgan fingerprint density at radius 2 is 1.02 bits per heavy atom. The highest BCUT2D eigenvalue weighted by molar-refractivity contribution is 6.15. The van der Waals surface area contributed by atoms with Crippen LogP contribution in [0.4, 0.5) is 0 Å². The summed E-state index contributed by atoms with van der Waals surface area (Å²) >= 11 is 0. The van der Waals surface area contributed by atoms with Gasteiger partial charge in [-0.05, 0) is 57.1 Å². The van der Waals surface area contributed by atoms with Crippen LogP contribution in [0.1, 0.15) is 25.0 Å². The molecule has 9 aromatic rings. The number of benzene rings is 7. The van der Waals surface area contributed by atoms with Gasteiger partial charge in [0, 0.05) is 32.9 Å². The van der Waals surface area contributed by atoms with Gasteiger partial charge in [-0.25, -0.2) is 4.98 Å². The van der Waals surface area contributed by atoms with Crippen molar-refractivity contribution in [1.29, 1.82) is 0 Å². The van der Waals surface area contributed by atoms with E-state index >= 15 is 0 Å². The molecule has 0 fully saturated rings. The lowest BCUT2D eigenvalue weighted by molar-refractivity contribution is 0.660. The molecule has 0 aliphatic heterocycles. The monoisotopic (exact) mass is 666 g/mol. The topological polar surface area (TPSA) is 43.6 Å². The molecule has 0 saturated heterocycles. The van der Waals surface area contributed by atoms with Gasteiger partial charge in [0.25, 0.3) is 0 Å². The van der Waals surface area contributed by atoms with E-state index in [4.69, 9.17) is 15.0 Å². The van der Waals surface area contributed by atoms with Crippen molar-refractivity contribution >= 4 is 21.8 Å². The molecular formula is C48H34N4. The summed E-state index contributed by atoms with van der Waals surface area (Å²) in [4.78, 5) is 16.0. The fourth-order valence-electron chi connectivity index (χ4n) is 8.18. The van der Waals surface area contributed by atoms with Gasteiger partial charge in [0.2, 0.25) is 5.95 Å². The van der Waals surface area contributed by atoms with E-state index in [1.165, 1.54) is 27.8 Å². The maximum atomic E-state index is 5.43. The van der Waals surface area contributed by atoms with Gasteiger partial charge in [-0.1, -0.05) is 166 Å². The largest absolute Gasteiger partial charge is 0.277 e. The first-order valence-electron chi connectivity index (χ1n) is 17.8. The third kappa shape index (κ3) is 4.65. The molecule has 52 heavy (non-hydrogen) atoms. The molecule has 246 valence electrons. The maximum absolute atomic E-state index is 5.43. The number of rotatable bonds is 5. The molecule has 2 aromatic heterocycles. The summed E-state index contributed by atoms with van der Waals surface area (Å²) in [5.41, 5.74) is 13.5. The average Bonchev–Trinajstić information content (AvgIpc) is 3.67. The molecule has 0 unspecified atom stereocenters. The van der Waals surface area contributed by atoms with Crippen LogP contribution in [0.2, 0.25) is 0 Å². The van der Waals surface area contributed by atoms with Crippen molar-refractivity contribution < 1.29 is 0 Å². The van der Waals surface area contributed by atoms with Crippen LogP contribution >= 0.6 is 0 Å². The van der Waals surface area contributed by atoms with Gasteiger partial charge in [-0.15, -0.1) is 0 Å². The van der Waals surface area contributed by atoms with E-state index < -0.39 is 0 Å². The van der Waals surface area contributed by atoms with E-state index in [9.17, 15) is 0 Å². The molecule has 1 aliphatic carbocycles. The highest BCUT2D eigenvalue weighted by atomic mass is 15.2. The average molecular weight is 667 g/mol. The molecule has 0 saturated carbocycles. The van der Waals surface area contributed by atoms with Crippen LogP contribution in [0.5, 0.6) is 0 Å². The number of hydrogen-bond donors (Lipinski definition) is 0. The predicted molar refractivity (Wildman–Crippen MR) is 213 cm³/mol. The number of aromatic nitrogens is 4. The molecule has 0 N–H and O–H groups in total. The van der Waals surface area contributed by atoms with E-state index in [1.54, 1.807) is 0 Å². The first kappa shape index (κ1) is 30.2. The van der Waals surface area contributed by atoms with Crippen molar-refractivity contribution in [2.45, 2.75) is 19.3 Å². The van der Waals surface area contributed by atoms with Crippen LogP contribution in [-0.2, 0) is 5.41 Å².